The van der Waals surface area contributed by atoms with Gasteiger partial charge in [0, 0.05) is 19.2 Å². The van der Waals surface area contributed by atoms with E-state index < -0.39 is 5.60 Å². The van der Waals surface area contributed by atoms with E-state index in [0.717, 1.165) is 38.8 Å². The van der Waals surface area contributed by atoms with Crippen molar-refractivity contribution in [3.05, 3.63) is 12.2 Å². The number of likely N-dealkylation sites (tertiary alicyclic amines) is 1. The Labute approximate surface area is 116 Å². The summed E-state index contributed by atoms with van der Waals surface area (Å²) >= 11 is 0. The van der Waals surface area contributed by atoms with E-state index in [4.69, 9.17) is 10.00 Å². The zero-order valence-corrected chi connectivity index (χ0v) is 12.2. The molecule has 0 bridgehead atoms. The van der Waals surface area contributed by atoms with Gasteiger partial charge in [-0.05, 0) is 52.4 Å². The summed E-state index contributed by atoms with van der Waals surface area (Å²) in [6, 6.07) is 2.00. The maximum atomic E-state index is 11.9. The van der Waals surface area contributed by atoms with Gasteiger partial charge in [-0.2, -0.15) is 5.26 Å². The third kappa shape index (κ3) is 6.28. The highest BCUT2D eigenvalue weighted by atomic mass is 16.6. The van der Waals surface area contributed by atoms with Gasteiger partial charge in [0.25, 0.3) is 0 Å². The Morgan fingerprint density at radius 3 is 2.58 bits per heavy atom. The molecule has 1 heterocycles. The maximum absolute atomic E-state index is 11.9. The fourth-order valence-corrected chi connectivity index (χ4v) is 2.20. The van der Waals surface area contributed by atoms with Crippen LogP contribution in [0.2, 0.25) is 0 Å². The first kappa shape index (κ1) is 15.6. The molecule has 0 aromatic carbocycles. The lowest BCUT2D eigenvalue weighted by Crippen LogP contribution is -2.41. The second-order valence-electron chi connectivity index (χ2n) is 6.02. The molecule has 19 heavy (non-hydrogen) atoms. The summed E-state index contributed by atoms with van der Waals surface area (Å²) in [5.74, 6) is 0.655. The normalized spacial score (nSPS) is 17.5. The highest BCUT2D eigenvalue weighted by molar-refractivity contribution is 5.68. The van der Waals surface area contributed by atoms with E-state index in [1.807, 2.05) is 32.9 Å². The van der Waals surface area contributed by atoms with Crippen LogP contribution in [-0.2, 0) is 4.74 Å². The lowest BCUT2D eigenvalue weighted by atomic mass is 9.92. The average Bonchev–Trinajstić information content (AvgIpc) is 2.33. The lowest BCUT2D eigenvalue weighted by molar-refractivity contribution is 0.0181. The third-order valence-corrected chi connectivity index (χ3v) is 3.20. The molecule has 0 aromatic heterocycles. The van der Waals surface area contributed by atoms with Crippen molar-refractivity contribution in [2.24, 2.45) is 5.92 Å². The Morgan fingerprint density at radius 1 is 1.42 bits per heavy atom. The number of ether oxygens (including phenoxy) is 1. The Balaban J connectivity index is 2.27. The van der Waals surface area contributed by atoms with Crippen molar-refractivity contribution in [3.63, 3.8) is 0 Å². The molecule has 0 radical (unpaired) electrons. The SMILES string of the molecule is CC(C)(C)OC(=O)N1CCC(CCC=CC#N)CC1. The van der Waals surface area contributed by atoms with Gasteiger partial charge in [-0.3, -0.25) is 0 Å². The number of amides is 1. The Hall–Kier alpha value is -1.50. The largest absolute Gasteiger partial charge is 0.444 e. The van der Waals surface area contributed by atoms with Gasteiger partial charge in [-0.15, -0.1) is 0 Å². The quantitative estimate of drug-likeness (QED) is 0.733. The number of carbonyl (C=O) groups is 1. The molecule has 0 spiro atoms. The topological polar surface area (TPSA) is 53.3 Å². The highest BCUT2D eigenvalue weighted by Gasteiger charge is 2.26. The Kier molecular flexibility index (Phi) is 5.88. The predicted octanol–water partition coefficient (Wildman–Crippen LogP) is 3.49. The van der Waals surface area contributed by atoms with Crippen molar-refractivity contribution in [2.45, 2.75) is 52.1 Å². The van der Waals surface area contributed by atoms with E-state index in [1.54, 1.807) is 4.90 Å². The standard InChI is InChI=1S/C15H24N2O2/c1-15(2,3)19-14(18)17-11-8-13(9-12-17)7-5-4-6-10-16/h4,6,13H,5,7-9,11-12H2,1-3H3. The van der Waals surface area contributed by atoms with Gasteiger partial charge in [-0.25, -0.2) is 4.79 Å². The van der Waals surface area contributed by atoms with Gasteiger partial charge in [0.05, 0.1) is 6.07 Å². The van der Waals surface area contributed by atoms with Gasteiger partial charge in [-0.1, -0.05) is 6.08 Å². The number of nitrogens with zero attached hydrogens (tertiary/aromatic N) is 2. The minimum atomic E-state index is -0.421. The second kappa shape index (κ2) is 7.18. The third-order valence-electron chi connectivity index (χ3n) is 3.20. The van der Waals surface area contributed by atoms with Crippen molar-refractivity contribution in [1.29, 1.82) is 5.26 Å². The summed E-state index contributed by atoms with van der Waals surface area (Å²) in [5, 5.41) is 8.40. The van der Waals surface area contributed by atoms with E-state index in [9.17, 15) is 4.79 Å². The molecule has 0 aliphatic carbocycles. The van der Waals surface area contributed by atoms with E-state index in [-0.39, 0.29) is 6.09 Å². The molecule has 0 saturated carbocycles. The fourth-order valence-electron chi connectivity index (χ4n) is 2.20. The number of piperidine rings is 1. The summed E-state index contributed by atoms with van der Waals surface area (Å²) in [7, 11) is 0. The highest BCUT2D eigenvalue weighted by Crippen LogP contribution is 2.23. The van der Waals surface area contributed by atoms with Crippen LogP contribution < -0.4 is 0 Å². The van der Waals surface area contributed by atoms with Crippen LogP contribution in [0.25, 0.3) is 0 Å². The van der Waals surface area contributed by atoms with E-state index in [0.29, 0.717) is 5.92 Å². The summed E-state index contributed by atoms with van der Waals surface area (Å²) in [5.41, 5.74) is -0.421. The maximum Gasteiger partial charge on any atom is 0.410 e. The number of allylic oxidation sites excluding steroid dienone is 2. The monoisotopic (exact) mass is 264 g/mol. The van der Waals surface area contributed by atoms with Crippen molar-refractivity contribution in [3.8, 4) is 6.07 Å². The summed E-state index contributed by atoms with van der Waals surface area (Å²) < 4.78 is 5.37. The molecule has 106 valence electrons. The van der Waals surface area contributed by atoms with Crippen LogP contribution in [0, 0.1) is 17.2 Å². The van der Waals surface area contributed by atoms with Crippen LogP contribution in [0.5, 0.6) is 0 Å². The fraction of sp³-hybridized carbons (Fsp3) is 0.733. The van der Waals surface area contributed by atoms with Crippen LogP contribution in [0.15, 0.2) is 12.2 Å². The minimum Gasteiger partial charge on any atom is -0.444 e. The van der Waals surface area contributed by atoms with Crippen LogP contribution in [0.4, 0.5) is 4.79 Å². The predicted molar refractivity (Wildman–Crippen MR) is 74.5 cm³/mol. The van der Waals surface area contributed by atoms with Crippen LogP contribution in [-0.4, -0.2) is 29.7 Å². The number of carbonyl (C=O) groups excluding carboxylic acids is 1. The van der Waals surface area contributed by atoms with E-state index >= 15 is 0 Å². The molecule has 0 atom stereocenters. The van der Waals surface area contributed by atoms with Crippen LogP contribution >= 0.6 is 0 Å². The molecule has 1 aliphatic rings. The van der Waals surface area contributed by atoms with Gasteiger partial charge >= 0.3 is 6.09 Å². The first-order valence-electron chi connectivity index (χ1n) is 6.95. The van der Waals surface area contributed by atoms with Gasteiger partial charge in [0.15, 0.2) is 0 Å². The first-order valence-corrected chi connectivity index (χ1v) is 6.95. The summed E-state index contributed by atoms with van der Waals surface area (Å²) in [6.07, 6.45) is 7.36. The van der Waals surface area contributed by atoms with E-state index in [2.05, 4.69) is 0 Å². The molecular weight excluding hydrogens is 240 g/mol. The molecule has 4 nitrogen and oxygen atoms in total. The molecule has 1 saturated heterocycles. The summed E-state index contributed by atoms with van der Waals surface area (Å²) in [6.45, 7) is 7.22. The molecule has 0 N–H and O–H groups in total. The van der Waals surface area contributed by atoms with Gasteiger partial charge < -0.3 is 9.64 Å². The minimum absolute atomic E-state index is 0.199. The molecule has 0 unspecified atom stereocenters. The molecule has 1 fully saturated rings. The van der Waals surface area contributed by atoms with Crippen molar-refractivity contribution in [1.82, 2.24) is 4.90 Å². The van der Waals surface area contributed by atoms with Crippen LogP contribution in [0.3, 0.4) is 0 Å². The molecule has 1 amide bonds. The lowest BCUT2D eigenvalue weighted by Gasteiger charge is -2.33. The van der Waals surface area contributed by atoms with Crippen molar-refractivity contribution in [2.75, 3.05) is 13.1 Å². The van der Waals surface area contributed by atoms with Gasteiger partial charge in [0.2, 0.25) is 0 Å². The van der Waals surface area contributed by atoms with Crippen molar-refractivity contribution >= 4 is 6.09 Å². The second-order valence-corrected chi connectivity index (χ2v) is 6.02. The van der Waals surface area contributed by atoms with Crippen LogP contribution in [0.1, 0.15) is 46.5 Å². The van der Waals surface area contributed by atoms with E-state index in [1.165, 1.54) is 6.08 Å². The number of hydrogen-bond acceptors (Lipinski definition) is 3. The summed E-state index contributed by atoms with van der Waals surface area (Å²) in [4.78, 5) is 13.7. The van der Waals surface area contributed by atoms with Gasteiger partial charge in [0.1, 0.15) is 5.60 Å². The number of rotatable bonds is 3. The average molecular weight is 264 g/mol. The number of nitriles is 1. The Morgan fingerprint density at radius 2 is 2.05 bits per heavy atom. The molecule has 1 aliphatic heterocycles. The zero-order valence-electron chi connectivity index (χ0n) is 12.2. The smallest absolute Gasteiger partial charge is 0.410 e. The molecule has 0 aromatic rings. The molecule has 1 rings (SSSR count). The molecular formula is C15H24N2O2. The molecule has 4 heteroatoms. The Bertz CT molecular complexity index is 355. The first-order chi connectivity index (χ1) is 8.92. The zero-order chi connectivity index (χ0) is 14.3. The van der Waals surface area contributed by atoms with Crippen molar-refractivity contribution < 1.29 is 9.53 Å². The number of hydrogen-bond donors (Lipinski definition) is 0.